The molecule has 0 bridgehead atoms. The van der Waals surface area contributed by atoms with Crippen LogP contribution in [0.1, 0.15) is 42.7 Å². The van der Waals surface area contributed by atoms with E-state index < -0.39 is 6.09 Å². The highest BCUT2D eigenvalue weighted by Gasteiger charge is 2.53. The zero-order valence-electron chi connectivity index (χ0n) is 14.7. The van der Waals surface area contributed by atoms with E-state index >= 15 is 0 Å². The Bertz CT molecular complexity index is 753. The molecule has 5 nitrogen and oxygen atoms in total. The summed E-state index contributed by atoms with van der Waals surface area (Å²) in [5.41, 5.74) is 0.354. The molecule has 1 N–H and O–H groups in total. The first-order valence-corrected chi connectivity index (χ1v) is 9.06. The summed E-state index contributed by atoms with van der Waals surface area (Å²) in [6, 6.07) is 2.54. The van der Waals surface area contributed by atoms with E-state index in [0.717, 1.165) is 0 Å². The second-order valence-corrected chi connectivity index (χ2v) is 7.81. The first-order chi connectivity index (χ1) is 12.4. The van der Waals surface area contributed by atoms with Crippen molar-refractivity contribution in [3.63, 3.8) is 0 Å². The number of amides is 2. The van der Waals surface area contributed by atoms with Gasteiger partial charge in [0, 0.05) is 19.0 Å². The Morgan fingerprint density at radius 2 is 1.92 bits per heavy atom. The van der Waals surface area contributed by atoms with E-state index in [4.69, 9.17) is 4.74 Å². The van der Waals surface area contributed by atoms with Gasteiger partial charge in [0.2, 0.25) is 5.91 Å². The molecule has 26 heavy (non-hydrogen) atoms. The summed E-state index contributed by atoms with van der Waals surface area (Å²) in [5.74, 6) is -0.829. The van der Waals surface area contributed by atoms with Crippen LogP contribution in [0.3, 0.4) is 0 Å². The fourth-order valence-electron chi connectivity index (χ4n) is 4.41. The minimum Gasteiger partial charge on any atom is -0.447 e. The maximum atomic E-state index is 14.2. The highest BCUT2D eigenvalue weighted by molar-refractivity contribution is 5.81. The van der Waals surface area contributed by atoms with E-state index in [0.29, 0.717) is 56.5 Å². The highest BCUT2D eigenvalue weighted by Crippen LogP contribution is 2.42. The second kappa shape index (κ2) is 6.21. The standard InChI is InChI=1S/C19H22F2N2O3/c1-11-6-16(21)14(7-15(11)20)12-2-4-23(5-3-12)17(24)13-8-19(9-13)10-26-18(25)22-19/h6-7,12-13H,2-5,8-10H2,1H3,(H,22,25)/t13-,19+. The summed E-state index contributed by atoms with van der Waals surface area (Å²) in [4.78, 5) is 25.6. The molecule has 2 aliphatic heterocycles. The third-order valence-corrected chi connectivity index (χ3v) is 5.99. The van der Waals surface area contributed by atoms with Crippen LogP contribution in [0.2, 0.25) is 0 Å². The van der Waals surface area contributed by atoms with Gasteiger partial charge in [-0.05, 0) is 61.8 Å². The average Bonchev–Trinajstić information content (AvgIpc) is 2.99. The summed E-state index contributed by atoms with van der Waals surface area (Å²) < 4.78 is 32.9. The molecule has 3 aliphatic rings. The number of aryl methyl sites for hydroxylation is 1. The zero-order chi connectivity index (χ0) is 18.5. The maximum absolute atomic E-state index is 14.2. The van der Waals surface area contributed by atoms with Gasteiger partial charge in [0.15, 0.2) is 0 Å². The fraction of sp³-hybridized carbons (Fsp3) is 0.579. The SMILES string of the molecule is Cc1cc(F)c(C2CCN(C(=O)[C@H]3C[C@]4(COC(=O)N4)C3)CC2)cc1F. The van der Waals surface area contributed by atoms with Crippen molar-refractivity contribution in [1.82, 2.24) is 10.2 Å². The van der Waals surface area contributed by atoms with E-state index in [1.54, 1.807) is 6.92 Å². The second-order valence-electron chi connectivity index (χ2n) is 7.81. The number of hydrogen-bond donors (Lipinski definition) is 1. The maximum Gasteiger partial charge on any atom is 0.407 e. The minimum atomic E-state index is -0.413. The van der Waals surface area contributed by atoms with Gasteiger partial charge in [-0.1, -0.05) is 0 Å². The number of nitrogens with one attached hydrogen (secondary N) is 1. The van der Waals surface area contributed by atoms with Crippen molar-refractivity contribution in [1.29, 1.82) is 0 Å². The van der Waals surface area contributed by atoms with Crippen molar-refractivity contribution >= 4 is 12.0 Å². The Morgan fingerprint density at radius 3 is 2.54 bits per heavy atom. The van der Waals surface area contributed by atoms with Crippen LogP contribution in [0.15, 0.2) is 12.1 Å². The van der Waals surface area contributed by atoms with Gasteiger partial charge in [-0.2, -0.15) is 0 Å². The molecule has 140 valence electrons. The van der Waals surface area contributed by atoms with Crippen LogP contribution in [0.5, 0.6) is 0 Å². The molecule has 4 rings (SSSR count). The van der Waals surface area contributed by atoms with Crippen molar-refractivity contribution in [2.75, 3.05) is 19.7 Å². The number of nitrogens with zero attached hydrogens (tertiary/aromatic N) is 1. The molecule has 0 atom stereocenters. The molecule has 0 aromatic heterocycles. The monoisotopic (exact) mass is 364 g/mol. The lowest BCUT2D eigenvalue weighted by Gasteiger charge is -2.45. The van der Waals surface area contributed by atoms with Crippen molar-refractivity contribution in [3.05, 3.63) is 34.9 Å². The van der Waals surface area contributed by atoms with Crippen molar-refractivity contribution in [3.8, 4) is 0 Å². The first-order valence-electron chi connectivity index (χ1n) is 9.06. The van der Waals surface area contributed by atoms with E-state index in [9.17, 15) is 18.4 Å². The number of piperidine rings is 1. The van der Waals surface area contributed by atoms with Crippen molar-refractivity contribution in [2.45, 2.75) is 44.1 Å². The third-order valence-electron chi connectivity index (χ3n) is 5.99. The van der Waals surface area contributed by atoms with E-state index in [2.05, 4.69) is 5.32 Å². The number of likely N-dealkylation sites (tertiary alicyclic amines) is 1. The van der Waals surface area contributed by atoms with Gasteiger partial charge in [-0.15, -0.1) is 0 Å². The lowest BCUT2D eigenvalue weighted by atomic mass is 9.68. The molecule has 2 heterocycles. The number of hydrogen-bond acceptors (Lipinski definition) is 3. The van der Waals surface area contributed by atoms with Crippen LogP contribution < -0.4 is 5.32 Å². The van der Waals surface area contributed by atoms with Crippen LogP contribution in [0.4, 0.5) is 13.6 Å². The quantitative estimate of drug-likeness (QED) is 0.878. The van der Waals surface area contributed by atoms with Crippen molar-refractivity contribution < 1.29 is 23.1 Å². The Labute approximate surface area is 150 Å². The Morgan fingerprint density at radius 1 is 1.23 bits per heavy atom. The Balaban J connectivity index is 1.33. The number of alkyl carbamates (subject to hydrolysis) is 1. The number of ether oxygens (including phenoxy) is 1. The molecule has 1 aromatic carbocycles. The molecule has 2 amide bonds. The Kier molecular flexibility index (Phi) is 4.12. The van der Waals surface area contributed by atoms with Crippen LogP contribution in [-0.4, -0.2) is 42.1 Å². The number of benzene rings is 1. The van der Waals surface area contributed by atoms with Gasteiger partial charge >= 0.3 is 6.09 Å². The van der Waals surface area contributed by atoms with Crippen LogP contribution in [0, 0.1) is 24.5 Å². The number of rotatable bonds is 2. The lowest BCUT2D eigenvalue weighted by molar-refractivity contribution is -0.142. The minimum absolute atomic E-state index is 0.0654. The summed E-state index contributed by atoms with van der Waals surface area (Å²) in [7, 11) is 0. The van der Waals surface area contributed by atoms with Gasteiger partial charge < -0.3 is 15.0 Å². The molecule has 2 saturated heterocycles. The van der Waals surface area contributed by atoms with E-state index in [1.807, 2.05) is 4.90 Å². The fourth-order valence-corrected chi connectivity index (χ4v) is 4.41. The lowest BCUT2D eigenvalue weighted by Crippen LogP contribution is -2.58. The molecule has 1 aliphatic carbocycles. The molecule has 0 radical (unpaired) electrons. The van der Waals surface area contributed by atoms with E-state index in [1.165, 1.54) is 12.1 Å². The van der Waals surface area contributed by atoms with Gasteiger partial charge in [0.25, 0.3) is 0 Å². The number of halogens is 2. The zero-order valence-corrected chi connectivity index (χ0v) is 14.7. The van der Waals surface area contributed by atoms with Gasteiger partial charge in [0.1, 0.15) is 18.2 Å². The topological polar surface area (TPSA) is 58.6 Å². The smallest absolute Gasteiger partial charge is 0.407 e. The summed E-state index contributed by atoms with van der Waals surface area (Å²) in [5, 5.41) is 2.79. The van der Waals surface area contributed by atoms with Crippen LogP contribution in [0.25, 0.3) is 0 Å². The molecular formula is C19H22F2N2O3. The highest BCUT2D eigenvalue weighted by atomic mass is 19.1. The molecule has 3 fully saturated rings. The predicted octanol–water partition coefficient (Wildman–Crippen LogP) is 2.87. The molecule has 1 saturated carbocycles. The molecular weight excluding hydrogens is 342 g/mol. The molecule has 7 heteroatoms. The number of cyclic esters (lactones) is 1. The Hall–Kier alpha value is -2.18. The van der Waals surface area contributed by atoms with Gasteiger partial charge in [0.05, 0.1) is 5.54 Å². The largest absolute Gasteiger partial charge is 0.447 e. The summed E-state index contributed by atoms with van der Waals surface area (Å²) >= 11 is 0. The normalized spacial score (nSPS) is 28.7. The van der Waals surface area contributed by atoms with Crippen LogP contribution in [-0.2, 0) is 9.53 Å². The van der Waals surface area contributed by atoms with Crippen LogP contribution >= 0.6 is 0 Å². The number of carbonyl (C=O) groups is 2. The summed E-state index contributed by atoms with van der Waals surface area (Å²) in [6.45, 7) is 2.97. The summed E-state index contributed by atoms with van der Waals surface area (Å²) in [6.07, 6.45) is 2.06. The predicted molar refractivity (Wildman–Crippen MR) is 89.6 cm³/mol. The van der Waals surface area contributed by atoms with Gasteiger partial charge in [-0.3, -0.25) is 4.79 Å². The first kappa shape index (κ1) is 17.2. The molecule has 1 spiro atoms. The van der Waals surface area contributed by atoms with Gasteiger partial charge in [-0.25, -0.2) is 13.6 Å². The van der Waals surface area contributed by atoms with Crippen molar-refractivity contribution in [2.24, 2.45) is 5.92 Å². The number of carbonyl (C=O) groups excluding carboxylic acids is 2. The third kappa shape index (κ3) is 2.93. The van der Waals surface area contributed by atoms with E-state index in [-0.39, 0.29) is 34.9 Å². The average molecular weight is 364 g/mol. The molecule has 0 unspecified atom stereocenters. The molecule has 1 aromatic rings.